The van der Waals surface area contributed by atoms with E-state index in [-0.39, 0.29) is 0 Å². The minimum atomic E-state index is 0.812. The molecule has 2 bridgehead atoms. The van der Waals surface area contributed by atoms with Crippen LogP contribution < -0.4 is 0 Å². The standard InChI is InChI=1S/C16H28N2/c1-13(2)11-17-5-7-18(8-6-17)12-16-10-14-3-4-15(16)9-14/h3-4,13-16H,5-12H2,1-2H3. The van der Waals surface area contributed by atoms with Gasteiger partial charge in [0.05, 0.1) is 0 Å². The molecule has 3 rings (SSSR count). The Kier molecular flexibility index (Phi) is 3.76. The fourth-order valence-electron chi connectivity index (χ4n) is 4.11. The summed E-state index contributed by atoms with van der Waals surface area (Å²) in [6.07, 6.45) is 7.88. The van der Waals surface area contributed by atoms with E-state index in [9.17, 15) is 0 Å². The predicted molar refractivity (Wildman–Crippen MR) is 76.6 cm³/mol. The van der Waals surface area contributed by atoms with E-state index in [1.54, 1.807) is 0 Å². The zero-order chi connectivity index (χ0) is 12.5. The van der Waals surface area contributed by atoms with E-state index in [0.29, 0.717) is 0 Å². The van der Waals surface area contributed by atoms with Crippen molar-refractivity contribution in [3.8, 4) is 0 Å². The number of rotatable bonds is 4. The number of nitrogens with zero attached hydrogens (tertiary/aromatic N) is 2. The van der Waals surface area contributed by atoms with Crippen molar-refractivity contribution in [2.45, 2.75) is 26.7 Å². The molecule has 18 heavy (non-hydrogen) atoms. The molecular weight excluding hydrogens is 220 g/mol. The molecule has 0 radical (unpaired) electrons. The molecule has 0 aromatic carbocycles. The molecule has 3 unspecified atom stereocenters. The highest BCUT2D eigenvalue weighted by atomic mass is 15.3. The van der Waals surface area contributed by atoms with E-state index in [2.05, 4.69) is 35.8 Å². The van der Waals surface area contributed by atoms with E-state index in [4.69, 9.17) is 0 Å². The van der Waals surface area contributed by atoms with Gasteiger partial charge < -0.3 is 9.80 Å². The van der Waals surface area contributed by atoms with Gasteiger partial charge in [-0.15, -0.1) is 0 Å². The maximum atomic E-state index is 2.72. The molecule has 1 saturated carbocycles. The second-order valence-electron chi connectivity index (χ2n) is 7.04. The van der Waals surface area contributed by atoms with Gasteiger partial charge in [-0.3, -0.25) is 0 Å². The Bertz CT molecular complexity index is 302. The third-order valence-corrected chi connectivity index (χ3v) is 5.00. The number of hydrogen-bond acceptors (Lipinski definition) is 2. The molecule has 3 atom stereocenters. The van der Waals surface area contributed by atoms with Crippen molar-refractivity contribution in [2.24, 2.45) is 23.7 Å². The Morgan fingerprint density at radius 2 is 1.72 bits per heavy atom. The van der Waals surface area contributed by atoms with Crippen LogP contribution >= 0.6 is 0 Å². The Labute approximate surface area is 112 Å². The van der Waals surface area contributed by atoms with E-state index < -0.39 is 0 Å². The molecule has 2 aliphatic carbocycles. The van der Waals surface area contributed by atoms with Crippen LogP contribution in [0.5, 0.6) is 0 Å². The van der Waals surface area contributed by atoms with Gasteiger partial charge in [-0.2, -0.15) is 0 Å². The van der Waals surface area contributed by atoms with Gasteiger partial charge in [0.25, 0.3) is 0 Å². The summed E-state index contributed by atoms with van der Waals surface area (Å²) >= 11 is 0. The van der Waals surface area contributed by atoms with Gasteiger partial charge in [0, 0.05) is 39.3 Å². The van der Waals surface area contributed by atoms with Gasteiger partial charge in [0.1, 0.15) is 0 Å². The summed E-state index contributed by atoms with van der Waals surface area (Å²) in [5, 5.41) is 0. The molecule has 0 amide bonds. The van der Waals surface area contributed by atoms with Crippen LogP contribution in [0.3, 0.4) is 0 Å². The first kappa shape index (κ1) is 12.7. The quantitative estimate of drug-likeness (QED) is 0.705. The van der Waals surface area contributed by atoms with Gasteiger partial charge in [-0.05, 0) is 36.5 Å². The zero-order valence-electron chi connectivity index (χ0n) is 12.0. The molecule has 3 aliphatic rings. The zero-order valence-corrected chi connectivity index (χ0v) is 12.0. The summed E-state index contributed by atoms with van der Waals surface area (Å²) in [4.78, 5) is 5.36. The smallest absolute Gasteiger partial charge is 0.0110 e. The summed E-state index contributed by atoms with van der Waals surface area (Å²) in [5.41, 5.74) is 0. The van der Waals surface area contributed by atoms with Crippen LogP contribution in [0.25, 0.3) is 0 Å². The van der Waals surface area contributed by atoms with Crippen LogP contribution in [-0.2, 0) is 0 Å². The molecule has 0 N–H and O–H groups in total. The highest BCUT2D eigenvalue weighted by molar-refractivity contribution is 5.10. The van der Waals surface area contributed by atoms with Crippen molar-refractivity contribution in [3.63, 3.8) is 0 Å². The summed E-state index contributed by atoms with van der Waals surface area (Å²) in [6.45, 7) is 12.5. The van der Waals surface area contributed by atoms with Crippen LogP contribution in [0.15, 0.2) is 12.2 Å². The van der Waals surface area contributed by atoms with E-state index in [1.165, 1.54) is 52.1 Å². The largest absolute Gasteiger partial charge is 0.301 e. The van der Waals surface area contributed by atoms with Crippen molar-refractivity contribution >= 4 is 0 Å². The van der Waals surface area contributed by atoms with E-state index >= 15 is 0 Å². The Morgan fingerprint density at radius 1 is 1.00 bits per heavy atom. The summed E-state index contributed by atoms with van der Waals surface area (Å²) in [6, 6.07) is 0. The van der Waals surface area contributed by atoms with Crippen LogP contribution in [0.4, 0.5) is 0 Å². The second kappa shape index (κ2) is 5.34. The first-order valence-corrected chi connectivity index (χ1v) is 7.83. The molecule has 0 aromatic rings. The highest BCUT2D eigenvalue weighted by Gasteiger charge is 2.36. The average Bonchev–Trinajstić information content (AvgIpc) is 2.93. The minimum Gasteiger partial charge on any atom is -0.301 e. The van der Waals surface area contributed by atoms with E-state index in [0.717, 1.165) is 23.7 Å². The van der Waals surface area contributed by atoms with Crippen molar-refractivity contribution in [1.29, 1.82) is 0 Å². The number of fused-ring (bicyclic) bond motifs is 2. The molecule has 1 heterocycles. The monoisotopic (exact) mass is 248 g/mol. The van der Waals surface area contributed by atoms with Gasteiger partial charge in [-0.1, -0.05) is 26.0 Å². The number of piperazine rings is 1. The number of hydrogen-bond donors (Lipinski definition) is 0. The molecule has 0 spiro atoms. The third kappa shape index (κ3) is 2.80. The van der Waals surface area contributed by atoms with Gasteiger partial charge >= 0.3 is 0 Å². The third-order valence-electron chi connectivity index (χ3n) is 5.00. The Hall–Kier alpha value is -0.340. The molecule has 2 fully saturated rings. The predicted octanol–water partition coefficient (Wildman–Crippen LogP) is 2.47. The fourth-order valence-corrected chi connectivity index (χ4v) is 4.11. The normalized spacial score (nSPS) is 36.9. The molecular formula is C16H28N2. The average molecular weight is 248 g/mol. The van der Waals surface area contributed by atoms with Gasteiger partial charge in [0.15, 0.2) is 0 Å². The van der Waals surface area contributed by atoms with E-state index in [1.807, 2.05) is 0 Å². The van der Waals surface area contributed by atoms with Crippen LogP contribution in [0.2, 0.25) is 0 Å². The van der Waals surface area contributed by atoms with Crippen LogP contribution in [-0.4, -0.2) is 49.1 Å². The molecule has 1 saturated heterocycles. The number of allylic oxidation sites excluding steroid dienone is 2. The topological polar surface area (TPSA) is 6.48 Å². The Morgan fingerprint density at radius 3 is 2.28 bits per heavy atom. The molecule has 102 valence electrons. The second-order valence-corrected chi connectivity index (χ2v) is 7.04. The Balaban J connectivity index is 1.42. The summed E-state index contributed by atoms with van der Waals surface area (Å²) < 4.78 is 0. The molecule has 0 aromatic heterocycles. The van der Waals surface area contributed by atoms with Crippen molar-refractivity contribution < 1.29 is 0 Å². The van der Waals surface area contributed by atoms with Crippen LogP contribution in [0.1, 0.15) is 26.7 Å². The summed E-state index contributed by atoms with van der Waals surface area (Å²) in [7, 11) is 0. The lowest BCUT2D eigenvalue weighted by atomic mass is 9.93. The fraction of sp³-hybridized carbons (Fsp3) is 0.875. The minimum absolute atomic E-state index is 0.812. The first-order chi connectivity index (χ1) is 8.70. The maximum absolute atomic E-state index is 2.72. The highest BCUT2D eigenvalue weighted by Crippen LogP contribution is 2.43. The lowest BCUT2D eigenvalue weighted by Gasteiger charge is -2.37. The molecule has 2 heteroatoms. The van der Waals surface area contributed by atoms with Gasteiger partial charge in [0.2, 0.25) is 0 Å². The molecule has 1 aliphatic heterocycles. The molecule has 2 nitrogen and oxygen atoms in total. The van der Waals surface area contributed by atoms with Gasteiger partial charge in [-0.25, -0.2) is 0 Å². The first-order valence-electron chi connectivity index (χ1n) is 7.83. The summed E-state index contributed by atoms with van der Waals surface area (Å²) in [5.74, 6) is 3.63. The lowest BCUT2D eigenvalue weighted by Crippen LogP contribution is -2.48. The van der Waals surface area contributed by atoms with Crippen molar-refractivity contribution in [3.05, 3.63) is 12.2 Å². The lowest BCUT2D eigenvalue weighted by molar-refractivity contribution is 0.105. The SMILES string of the molecule is CC(C)CN1CCN(CC2CC3C=CC2C3)CC1. The van der Waals surface area contributed by atoms with Crippen molar-refractivity contribution in [2.75, 3.05) is 39.3 Å². The van der Waals surface area contributed by atoms with Crippen molar-refractivity contribution in [1.82, 2.24) is 9.80 Å². The maximum Gasteiger partial charge on any atom is 0.0110 e. The van der Waals surface area contributed by atoms with Crippen LogP contribution in [0, 0.1) is 23.7 Å².